The molecule has 0 rings (SSSR count). The van der Waals surface area contributed by atoms with Crippen LogP contribution in [0.4, 0.5) is 13.2 Å². The van der Waals surface area contributed by atoms with Gasteiger partial charge in [-0.2, -0.15) is 13.2 Å². The highest BCUT2D eigenvalue weighted by Crippen LogP contribution is 2.23. The van der Waals surface area contributed by atoms with Crippen molar-refractivity contribution in [2.24, 2.45) is 0 Å². The highest BCUT2D eigenvalue weighted by molar-refractivity contribution is 4.56. The van der Waals surface area contributed by atoms with Gasteiger partial charge in [-0.15, -0.1) is 0 Å². The Morgan fingerprint density at radius 2 is 1.46 bits per heavy atom. The predicted molar refractivity (Wildman–Crippen MR) is 47.2 cm³/mol. The Kier molecular flexibility index (Phi) is 6.73. The van der Waals surface area contributed by atoms with Crippen molar-refractivity contribution in [2.75, 3.05) is 0 Å². The maximum absolute atomic E-state index is 11.7. The van der Waals surface area contributed by atoms with Crippen LogP contribution in [0.2, 0.25) is 0 Å². The second-order valence-electron chi connectivity index (χ2n) is 3.13. The molecule has 0 saturated heterocycles. The van der Waals surface area contributed by atoms with Crippen LogP contribution in [0.1, 0.15) is 44.9 Å². The van der Waals surface area contributed by atoms with Gasteiger partial charge in [-0.05, 0) is 19.3 Å². The third kappa shape index (κ3) is 11.5. The van der Waals surface area contributed by atoms with E-state index in [-0.39, 0.29) is 6.42 Å². The third-order valence-corrected chi connectivity index (χ3v) is 1.81. The van der Waals surface area contributed by atoms with Crippen LogP contribution in [0.5, 0.6) is 0 Å². The summed E-state index contributed by atoms with van der Waals surface area (Å²) in [4.78, 5) is 0. The minimum atomic E-state index is -3.98. The molecule has 0 aromatic rings. The van der Waals surface area contributed by atoms with E-state index in [4.69, 9.17) is 0 Å². The first-order valence-electron chi connectivity index (χ1n) is 4.63. The Hall–Kier alpha value is -0.470. The number of hydrogen-bond acceptors (Lipinski definition) is 0. The molecule has 0 bridgehead atoms. The van der Waals surface area contributed by atoms with E-state index in [1.165, 1.54) is 0 Å². The first-order valence-corrected chi connectivity index (χ1v) is 4.63. The zero-order chi connectivity index (χ0) is 10.2. The van der Waals surface area contributed by atoms with Crippen molar-refractivity contribution in [3.8, 4) is 0 Å². The SMILES string of the molecule is C=[C]CCCCCCCC(F)(F)F. The molecule has 0 fully saturated rings. The molecule has 0 heterocycles. The number of allylic oxidation sites excluding steroid dienone is 1. The van der Waals surface area contributed by atoms with Crippen LogP contribution in [0.15, 0.2) is 6.58 Å². The Morgan fingerprint density at radius 1 is 0.923 bits per heavy atom. The van der Waals surface area contributed by atoms with E-state index in [9.17, 15) is 13.2 Å². The van der Waals surface area contributed by atoms with Gasteiger partial charge in [0.2, 0.25) is 0 Å². The molecule has 0 spiro atoms. The molecule has 3 heteroatoms. The molecule has 0 aromatic heterocycles. The smallest absolute Gasteiger partial charge is 0.171 e. The highest BCUT2D eigenvalue weighted by atomic mass is 19.4. The van der Waals surface area contributed by atoms with Gasteiger partial charge in [-0.25, -0.2) is 0 Å². The molecule has 0 aliphatic rings. The molecule has 0 aromatic carbocycles. The van der Waals surface area contributed by atoms with E-state index in [0.29, 0.717) is 6.42 Å². The average molecular weight is 193 g/mol. The molecule has 1 radical (unpaired) electrons. The first-order chi connectivity index (χ1) is 6.06. The van der Waals surface area contributed by atoms with E-state index in [1.54, 1.807) is 0 Å². The fourth-order valence-corrected chi connectivity index (χ4v) is 1.11. The summed E-state index contributed by atoms with van der Waals surface area (Å²) < 4.78 is 35.0. The molecule has 0 aliphatic carbocycles. The van der Waals surface area contributed by atoms with Crippen LogP contribution >= 0.6 is 0 Å². The second-order valence-corrected chi connectivity index (χ2v) is 3.13. The molecule has 0 N–H and O–H groups in total. The Balaban J connectivity index is 3.04. The van der Waals surface area contributed by atoms with Crippen molar-refractivity contribution in [1.82, 2.24) is 0 Å². The molecule has 0 amide bonds. The van der Waals surface area contributed by atoms with Gasteiger partial charge in [-0.1, -0.05) is 31.9 Å². The molecule has 0 nitrogen and oxygen atoms in total. The molecule has 13 heavy (non-hydrogen) atoms. The van der Waals surface area contributed by atoms with E-state index in [1.807, 2.05) is 0 Å². The number of halogens is 3. The molecule has 0 saturated carbocycles. The standard InChI is InChI=1S/C10H16F3/c1-2-3-4-5-6-7-8-9-10(11,12)13/h1,3-9H2. The summed E-state index contributed by atoms with van der Waals surface area (Å²) in [5, 5.41) is 0. The minimum absolute atomic E-state index is 0.265. The lowest BCUT2D eigenvalue weighted by atomic mass is 10.1. The number of rotatable bonds is 7. The van der Waals surface area contributed by atoms with Crippen molar-refractivity contribution >= 4 is 0 Å². The minimum Gasteiger partial charge on any atom is -0.171 e. The highest BCUT2D eigenvalue weighted by Gasteiger charge is 2.25. The van der Waals surface area contributed by atoms with Crippen molar-refractivity contribution in [1.29, 1.82) is 0 Å². The number of hydrogen-bond donors (Lipinski definition) is 0. The topological polar surface area (TPSA) is 0 Å². The van der Waals surface area contributed by atoms with Crippen LogP contribution in [0.3, 0.4) is 0 Å². The molecule has 0 unspecified atom stereocenters. The van der Waals surface area contributed by atoms with Gasteiger partial charge in [0.1, 0.15) is 0 Å². The maximum Gasteiger partial charge on any atom is 0.389 e. The van der Waals surface area contributed by atoms with Crippen molar-refractivity contribution in [3.05, 3.63) is 12.7 Å². The van der Waals surface area contributed by atoms with Crippen LogP contribution in [-0.2, 0) is 0 Å². The van der Waals surface area contributed by atoms with Crippen LogP contribution in [0.25, 0.3) is 0 Å². The largest absolute Gasteiger partial charge is 0.389 e. The van der Waals surface area contributed by atoms with E-state index < -0.39 is 12.6 Å². The third-order valence-electron chi connectivity index (χ3n) is 1.81. The molecule has 0 aliphatic heterocycles. The summed E-state index contributed by atoms with van der Waals surface area (Å²) in [5.41, 5.74) is 0. The Morgan fingerprint density at radius 3 is 2.00 bits per heavy atom. The van der Waals surface area contributed by atoms with E-state index in [2.05, 4.69) is 12.7 Å². The van der Waals surface area contributed by atoms with Crippen LogP contribution in [0, 0.1) is 6.08 Å². The zero-order valence-electron chi connectivity index (χ0n) is 7.79. The van der Waals surface area contributed by atoms with E-state index >= 15 is 0 Å². The first kappa shape index (κ1) is 12.5. The number of alkyl halides is 3. The number of unbranched alkanes of at least 4 members (excludes halogenated alkanes) is 5. The molecule has 0 atom stereocenters. The van der Waals surface area contributed by atoms with E-state index in [0.717, 1.165) is 25.7 Å². The molecular weight excluding hydrogens is 177 g/mol. The van der Waals surface area contributed by atoms with Crippen LogP contribution < -0.4 is 0 Å². The monoisotopic (exact) mass is 193 g/mol. The second kappa shape index (κ2) is 6.98. The molecular formula is C10H16F3. The summed E-state index contributed by atoms with van der Waals surface area (Å²) >= 11 is 0. The summed E-state index contributed by atoms with van der Waals surface area (Å²) in [5.74, 6) is 0. The Labute approximate surface area is 77.8 Å². The maximum atomic E-state index is 11.7. The van der Waals surface area contributed by atoms with Gasteiger partial charge in [-0.3, -0.25) is 0 Å². The fraction of sp³-hybridized carbons (Fsp3) is 0.800. The summed E-state index contributed by atoms with van der Waals surface area (Å²) in [7, 11) is 0. The van der Waals surface area contributed by atoms with Gasteiger partial charge in [0.15, 0.2) is 0 Å². The average Bonchev–Trinajstić information content (AvgIpc) is 2.01. The fourth-order valence-electron chi connectivity index (χ4n) is 1.11. The van der Waals surface area contributed by atoms with Gasteiger partial charge in [0.05, 0.1) is 0 Å². The Bertz CT molecular complexity index is 127. The lowest BCUT2D eigenvalue weighted by Gasteiger charge is -2.04. The quantitative estimate of drug-likeness (QED) is 0.530. The van der Waals surface area contributed by atoms with Gasteiger partial charge >= 0.3 is 6.18 Å². The van der Waals surface area contributed by atoms with Gasteiger partial charge < -0.3 is 0 Å². The summed E-state index contributed by atoms with van der Waals surface area (Å²) in [6, 6.07) is 0. The summed E-state index contributed by atoms with van der Waals surface area (Å²) in [6.07, 6.45) is 2.79. The normalized spacial score (nSPS) is 11.6. The summed E-state index contributed by atoms with van der Waals surface area (Å²) in [6.45, 7) is 3.45. The van der Waals surface area contributed by atoms with Gasteiger partial charge in [0.25, 0.3) is 0 Å². The van der Waals surface area contributed by atoms with Crippen molar-refractivity contribution < 1.29 is 13.2 Å². The van der Waals surface area contributed by atoms with Crippen molar-refractivity contribution in [3.63, 3.8) is 0 Å². The zero-order valence-corrected chi connectivity index (χ0v) is 7.79. The molecule has 77 valence electrons. The van der Waals surface area contributed by atoms with Crippen LogP contribution in [-0.4, -0.2) is 6.18 Å². The van der Waals surface area contributed by atoms with Gasteiger partial charge in [0, 0.05) is 6.42 Å². The lowest BCUT2D eigenvalue weighted by Crippen LogP contribution is -2.06. The predicted octanol–water partition coefficient (Wildman–Crippen LogP) is 4.27. The lowest BCUT2D eigenvalue weighted by molar-refractivity contribution is -0.135. The van der Waals surface area contributed by atoms with Crippen molar-refractivity contribution in [2.45, 2.75) is 51.1 Å².